The Kier molecular flexibility index (Phi) is 4.16. The van der Waals surface area contributed by atoms with E-state index in [9.17, 15) is 4.79 Å². The molecule has 1 rings (SSSR count). The zero-order valence-electron chi connectivity index (χ0n) is 9.19. The first-order chi connectivity index (χ1) is 7.13. The molecule has 0 saturated carbocycles. The quantitative estimate of drug-likeness (QED) is 0.609. The van der Waals surface area contributed by atoms with Crippen molar-refractivity contribution in [1.29, 1.82) is 0 Å². The van der Waals surface area contributed by atoms with Crippen LogP contribution in [-0.4, -0.2) is 5.97 Å². The molecule has 15 heavy (non-hydrogen) atoms. The van der Waals surface area contributed by atoms with Gasteiger partial charge in [-0.1, -0.05) is 26.0 Å². The summed E-state index contributed by atoms with van der Waals surface area (Å²) >= 11 is 0. The van der Waals surface area contributed by atoms with Crippen molar-refractivity contribution in [3.63, 3.8) is 0 Å². The van der Waals surface area contributed by atoms with E-state index in [1.807, 2.05) is 26.0 Å². The largest absolute Gasteiger partial charge is 0.461 e. The second kappa shape index (κ2) is 5.39. The van der Waals surface area contributed by atoms with E-state index in [0.717, 1.165) is 12.0 Å². The van der Waals surface area contributed by atoms with Crippen LogP contribution in [0.1, 0.15) is 25.8 Å². The molecule has 0 spiro atoms. The average Bonchev–Trinajstić information content (AvgIpc) is 2.26. The molecule has 0 bridgehead atoms. The number of nitrogens with two attached hydrogens (primary N) is 1. The summed E-state index contributed by atoms with van der Waals surface area (Å²) in [6.45, 7) is 4.16. The lowest BCUT2D eigenvalue weighted by Gasteiger charge is -2.09. The first-order valence-corrected chi connectivity index (χ1v) is 5.14. The monoisotopic (exact) mass is 207 g/mol. The van der Waals surface area contributed by atoms with E-state index in [4.69, 9.17) is 10.5 Å². The summed E-state index contributed by atoms with van der Waals surface area (Å²) in [5.41, 5.74) is 7.22. The number of hydrogen-bond donors (Lipinski definition) is 1. The molecule has 0 aliphatic carbocycles. The maximum absolute atomic E-state index is 11.4. The fraction of sp³-hybridized carbons (Fsp3) is 0.417. The Morgan fingerprint density at radius 3 is 2.53 bits per heavy atom. The number of ether oxygens (including phenoxy) is 1. The van der Waals surface area contributed by atoms with E-state index in [2.05, 4.69) is 0 Å². The van der Waals surface area contributed by atoms with E-state index in [1.165, 1.54) is 0 Å². The second-order valence-corrected chi connectivity index (χ2v) is 3.66. The Labute approximate surface area is 90.2 Å². The minimum atomic E-state index is -0.144. The minimum absolute atomic E-state index is 0.0289. The van der Waals surface area contributed by atoms with Crippen LogP contribution in [0.2, 0.25) is 0 Å². The van der Waals surface area contributed by atoms with Crippen LogP contribution in [0, 0.1) is 5.92 Å². The van der Waals surface area contributed by atoms with Crippen LogP contribution in [0.4, 0.5) is 5.69 Å². The molecule has 1 aromatic rings. The third-order valence-corrected chi connectivity index (χ3v) is 2.38. The minimum Gasteiger partial charge on any atom is -0.461 e. The van der Waals surface area contributed by atoms with Gasteiger partial charge in [0.15, 0.2) is 0 Å². The maximum Gasteiger partial charge on any atom is 0.308 e. The number of esters is 1. The molecular formula is C12H17NO2. The highest BCUT2D eigenvalue weighted by atomic mass is 16.5. The lowest BCUT2D eigenvalue weighted by Crippen LogP contribution is -2.13. The standard InChI is InChI=1S/C12H17NO2/c1-3-9(2)12(14)15-8-10-4-6-11(13)7-5-10/h4-7,9H,3,8,13H2,1-2H3. The Morgan fingerprint density at radius 1 is 1.40 bits per heavy atom. The highest BCUT2D eigenvalue weighted by Gasteiger charge is 2.11. The normalized spacial score (nSPS) is 12.1. The number of carbonyl (C=O) groups is 1. The molecule has 0 aromatic heterocycles. The van der Waals surface area contributed by atoms with Gasteiger partial charge in [-0.25, -0.2) is 0 Å². The van der Waals surface area contributed by atoms with Gasteiger partial charge in [0.05, 0.1) is 5.92 Å². The van der Waals surface area contributed by atoms with E-state index in [0.29, 0.717) is 12.3 Å². The van der Waals surface area contributed by atoms with Gasteiger partial charge in [-0.15, -0.1) is 0 Å². The molecule has 0 amide bonds. The molecular weight excluding hydrogens is 190 g/mol. The van der Waals surface area contributed by atoms with E-state index in [1.54, 1.807) is 12.1 Å². The Morgan fingerprint density at radius 2 is 2.00 bits per heavy atom. The maximum atomic E-state index is 11.4. The van der Waals surface area contributed by atoms with Crippen molar-refractivity contribution >= 4 is 11.7 Å². The molecule has 0 aliphatic heterocycles. The first kappa shape index (κ1) is 11.6. The van der Waals surface area contributed by atoms with E-state index in [-0.39, 0.29) is 11.9 Å². The zero-order valence-corrected chi connectivity index (χ0v) is 9.19. The smallest absolute Gasteiger partial charge is 0.308 e. The summed E-state index contributed by atoms with van der Waals surface area (Å²) in [7, 11) is 0. The summed E-state index contributed by atoms with van der Waals surface area (Å²) in [5, 5.41) is 0. The van der Waals surface area contributed by atoms with E-state index < -0.39 is 0 Å². The summed E-state index contributed by atoms with van der Waals surface area (Å²) in [4.78, 5) is 11.4. The van der Waals surface area contributed by atoms with Crippen LogP contribution in [0.25, 0.3) is 0 Å². The number of nitrogen functional groups attached to an aromatic ring is 1. The van der Waals surface area contributed by atoms with Gasteiger partial charge in [0, 0.05) is 5.69 Å². The summed E-state index contributed by atoms with van der Waals surface area (Å²) in [6, 6.07) is 7.32. The Bertz CT molecular complexity index is 319. The summed E-state index contributed by atoms with van der Waals surface area (Å²) in [6.07, 6.45) is 0.806. The second-order valence-electron chi connectivity index (χ2n) is 3.66. The molecule has 82 valence electrons. The van der Waals surface area contributed by atoms with Crippen LogP contribution in [0.5, 0.6) is 0 Å². The van der Waals surface area contributed by atoms with Crippen LogP contribution in [0.15, 0.2) is 24.3 Å². The molecule has 0 fully saturated rings. The predicted molar refractivity (Wildman–Crippen MR) is 60.1 cm³/mol. The van der Waals surface area contributed by atoms with Gasteiger partial charge in [-0.05, 0) is 24.1 Å². The van der Waals surface area contributed by atoms with Gasteiger partial charge in [0.1, 0.15) is 6.61 Å². The van der Waals surface area contributed by atoms with Crippen LogP contribution >= 0.6 is 0 Å². The SMILES string of the molecule is CCC(C)C(=O)OCc1ccc(N)cc1. The van der Waals surface area contributed by atoms with Gasteiger partial charge in [-0.3, -0.25) is 4.79 Å². The van der Waals surface area contributed by atoms with Crippen molar-refractivity contribution in [2.45, 2.75) is 26.9 Å². The van der Waals surface area contributed by atoms with Crippen molar-refractivity contribution in [2.24, 2.45) is 5.92 Å². The molecule has 1 aromatic carbocycles. The van der Waals surface area contributed by atoms with Gasteiger partial charge in [0.25, 0.3) is 0 Å². The zero-order chi connectivity index (χ0) is 11.3. The fourth-order valence-corrected chi connectivity index (χ4v) is 1.08. The number of hydrogen-bond acceptors (Lipinski definition) is 3. The first-order valence-electron chi connectivity index (χ1n) is 5.14. The van der Waals surface area contributed by atoms with Crippen LogP contribution in [0.3, 0.4) is 0 Å². The molecule has 0 radical (unpaired) electrons. The molecule has 3 nitrogen and oxygen atoms in total. The lowest BCUT2D eigenvalue weighted by molar-refractivity contribution is -0.149. The summed E-state index contributed by atoms with van der Waals surface area (Å²) in [5.74, 6) is -0.173. The molecule has 0 heterocycles. The molecule has 2 N–H and O–H groups in total. The third-order valence-electron chi connectivity index (χ3n) is 2.38. The van der Waals surface area contributed by atoms with Crippen LogP contribution in [-0.2, 0) is 16.1 Å². The average molecular weight is 207 g/mol. The van der Waals surface area contributed by atoms with Crippen molar-refractivity contribution in [3.05, 3.63) is 29.8 Å². The topological polar surface area (TPSA) is 52.3 Å². The molecule has 1 unspecified atom stereocenters. The predicted octanol–water partition coefficient (Wildman–Crippen LogP) is 2.36. The van der Waals surface area contributed by atoms with Gasteiger partial charge < -0.3 is 10.5 Å². The number of rotatable bonds is 4. The Balaban J connectivity index is 2.43. The highest BCUT2D eigenvalue weighted by molar-refractivity contribution is 5.71. The molecule has 0 aliphatic rings. The Hall–Kier alpha value is -1.51. The van der Waals surface area contributed by atoms with Gasteiger partial charge in [0.2, 0.25) is 0 Å². The fourth-order valence-electron chi connectivity index (χ4n) is 1.08. The van der Waals surface area contributed by atoms with Crippen molar-refractivity contribution < 1.29 is 9.53 Å². The third kappa shape index (κ3) is 3.62. The molecule has 0 saturated heterocycles. The summed E-state index contributed by atoms with van der Waals surface area (Å²) < 4.78 is 5.14. The molecule has 1 atom stereocenters. The van der Waals surface area contributed by atoms with Crippen molar-refractivity contribution in [2.75, 3.05) is 5.73 Å². The molecule has 3 heteroatoms. The van der Waals surface area contributed by atoms with Gasteiger partial charge >= 0.3 is 5.97 Å². The van der Waals surface area contributed by atoms with Crippen LogP contribution < -0.4 is 5.73 Å². The number of benzene rings is 1. The van der Waals surface area contributed by atoms with Crippen molar-refractivity contribution in [3.8, 4) is 0 Å². The number of anilines is 1. The highest BCUT2D eigenvalue weighted by Crippen LogP contribution is 2.09. The van der Waals surface area contributed by atoms with E-state index >= 15 is 0 Å². The van der Waals surface area contributed by atoms with Crippen molar-refractivity contribution in [1.82, 2.24) is 0 Å². The van der Waals surface area contributed by atoms with Gasteiger partial charge in [-0.2, -0.15) is 0 Å². The lowest BCUT2D eigenvalue weighted by atomic mass is 10.1. The number of carbonyl (C=O) groups excluding carboxylic acids is 1.